The zero-order valence-electron chi connectivity index (χ0n) is 97.1. The van der Waals surface area contributed by atoms with Crippen LogP contribution in [0.5, 0.6) is 0 Å². The predicted molar refractivity (Wildman–Crippen MR) is 582 cm³/mol. The summed E-state index contributed by atoms with van der Waals surface area (Å²) in [6.45, 7) is 101. The average molecular weight is 1940 g/mol. The minimum absolute atomic E-state index is 0.0322. The van der Waals surface area contributed by atoms with E-state index < -0.39 is 52.4 Å². The smallest absolute Gasteiger partial charge is 0.165 e. The molecule has 11 heteroatoms. The number of hydrogen-bond donors (Lipinski definition) is 0. The molecule has 0 radical (unpaired) electrons. The molecule has 0 aromatic heterocycles. The first-order valence-electron chi connectivity index (χ1n) is 51.1. The van der Waals surface area contributed by atoms with Crippen molar-refractivity contribution in [2.24, 2.45) is 86.6 Å². The fourth-order valence-electron chi connectivity index (χ4n) is 16.4. The van der Waals surface area contributed by atoms with Gasteiger partial charge in [-0.2, -0.15) is 0 Å². The lowest BCUT2D eigenvalue weighted by Gasteiger charge is -2.22. The van der Waals surface area contributed by atoms with Crippen molar-refractivity contribution in [3.63, 3.8) is 0 Å². The first kappa shape index (κ1) is 130. The Morgan fingerprint density at radius 1 is 0.129 bits per heavy atom. The maximum atomic E-state index is 14.0. The molecule has 0 atom stereocenters. The monoisotopic (exact) mass is 1940 g/mol. The van der Waals surface area contributed by atoms with Gasteiger partial charge in [-0.3, -0.25) is 0 Å². The molecule has 0 bridgehead atoms. The van der Waals surface area contributed by atoms with Crippen molar-refractivity contribution in [3.8, 4) is 0 Å². The molecule has 0 heterocycles. The van der Waals surface area contributed by atoms with Gasteiger partial charge in [-0.15, -0.1) is 0 Å². The van der Waals surface area contributed by atoms with Gasteiger partial charge in [0.25, 0.3) is 0 Å². The molecule has 8 rings (SSSR count). The van der Waals surface area contributed by atoms with Gasteiger partial charge < -0.3 is 0 Å². The lowest BCUT2D eigenvalue weighted by Crippen LogP contribution is -2.16. The van der Waals surface area contributed by atoms with E-state index in [2.05, 4.69) is 268 Å². The molecule has 0 amide bonds. The Labute approximate surface area is 845 Å². The van der Waals surface area contributed by atoms with E-state index in [0.717, 1.165) is 90.8 Å². The first-order chi connectivity index (χ1) is 61.8. The highest BCUT2D eigenvalue weighted by Crippen LogP contribution is 2.38. The van der Waals surface area contributed by atoms with E-state index in [1.54, 1.807) is 24.3 Å². The van der Waals surface area contributed by atoms with Crippen LogP contribution in [-0.2, 0) is 103 Å². The van der Waals surface area contributed by atoms with Crippen molar-refractivity contribution in [1.29, 1.82) is 0 Å². The summed E-state index contributed by atoms with van der Waals surface area (Å²) in [4.78, 5) is 0. The topological polar surface area (TPSA) is 0 Å². The van der Waals surface area contributed by atoms with Gasteiger partial charge in [0.15, 0.2) is 23.3 Å². The SMILES string of the molecule is CC(C)(C)Cc1cc(F)c(CC(C)(C)C)c(F)c1.CC(C)(C)Cc1cc(F)c(CC(C)(C)C)c(F)c1.CC(C)(C)Cc1cc(F)c(CC(C)(C)C)c(F)c1F.CC(C)(C)Cc1ccc(CC(C)(C)C)c(F)c1.CC(C)(C)Cc1ccc(CC(C)(C)C)c(F)c1.CC(C)(C)Cc1ccc(CC(C)(C)C)c(F)c1F.CC(C)(C)Cc1ccc(CC(C)(C)C)cc1.CC(C)(C)Cc1cccc(CC(C)(C)C)c1. The Bertz CT molecular complexity index is 4730. The summed E-state index contributed by atoms with van der Waals surface area (Å²) in [7, 11) is 0. The first-order valence-corrected chi connectivity index (χ1v) is 51.1. The van der Waals surface area contributed by atoms with Gasteiger partial charge in [0.05, 0.1) is 0 Å². The van der Waals surface area contributed by atoms with Gasteiger partial charge in [-0.25, -0.2) is 48.3 Å². The van der Waals surface area contributed by atoms with Gasteiger partial charge in [0.1, 0.15) is 40.7 Å². The van der Waals surface area contributed by atoms with Gasteiger partial charge in [0.2, 0.25) is 0 Å². The molecular formula is C128H197F11. The summed E-state index contributed by atoms with van der Waals surface area (Å²) in [5.41, 5.74) is 13.9. The quantitative estimate of drug-likeness (QED) is 0.0668. The lowest BCUT2D eigenvalue weighted by molar-refractivity contribution is 0.370. The van der Waals surface area contributed by atoms with Crippen molar-refractivity contribution in [2.45, 2.75) is 435 Å². The molecule has 8 aromatic rings. The predicted octanol–water partition coefficient (Wildman–Crippen LogP) is 40.4. The molecular weight excluding hydrogens is 1750 g/mol. The minimum atomic E-state index is -1.03. The van der Waals surface area contributed by atoms with Crippen molar-refractivity contribution in [2.75, 3.05) is 0 Å². The Morgan fingerprint density at radius 2 is 0.295 bits per heavy atom. The number of hydrogen-bond acceptors (Lipinski definition) is 0. The maximum Gasteiger partial charge on any atom is 0.165 e. The van der Waals surface area contributed by atoms with E-state index in [-0.39, 0.29) is 105 Å². The Kier molecular flexibility index (Phi) is 48.3. The van der Waals surface area contributed by atoms with Crippen LogP contribution in [0.2, 0.25) is 0 Å². The van der Waals surface area contributed by atoms with Crippen LogP contribution >= 0.6 is 0 Å². The molecule has 0 saturated carbocycles. The molecule has 139 heavy (non-hydrogen) atoms. The number of halogens is 11. The molecule has 0 nitrogen and oxygen atoms in total. The molecule has 0 aliphatic heterocycles. The summed E-state index contributed by atoms with van der Waals surface area (Å²) in [6, 6.07) is 40.1. The Morgan fingerprint density at radius 3 is 0.525 bits per heavy atom. The van der Waals surface area contributed by atoms with Gasteiger partial charge in [-0.1, -0.05) is 417 Å². The zero-order valence-corrected chi connectivity index (χ0v) is 97.1. The van der Waals surface area contributed by atoms with E-state index in [1.165, 1.54) is 46.5 Å². The summed E-state index contributed by atoms with van der Waals surface area (Å²) in [5, 5.41) is 0. The van der Waals surface area contributed by atoms with E-state index in [9.17, 15) is 48.3 Å². The molecule has 0 fully saturated rings. The van der Waals surface area contributed by atoms with Gasteiger partial charge in [0, 0.05) is 16.7 Å². The second-order valence-corrected chi connectivity index (χ2v) is 59.5. The molecule has 8 aromatic carbocycles. The van der Waals surface area contributed by atoms with E-state index in [1.807, 2.05) is 137 Å². The third-order valence-electron chi connectivity index (χ3n) is 20.8. The van der Waals surface area contributed by atoms with Crippen molar-refractivity contribution in [3.05, 3.63) is 280 Å². The standard InChI is InChI=1S/C16H23F3.3C16H24F2.2C16H25F.2C16H26/c1-15(2,3)8-10-7-12(17)11(9-16(4,5)6)14(19)13(10)18;2*1-15(2,3)9-11-7-13(17)12(14(18)8-11)10-16(4,5)6;1-15(2,3)9-11-7-8-12(10-16(4,5)6)14(18)13(11)17;2*1-15(2,3)10-12-7-8-13(14(17)9-12)11-16(4,5)6;1-15(2,3)11-13-7-9-14(10-8-13)12-16(4,5)6;1-15(2,3)11-13-8-7-9-14(10-13)12-16(4,5)6/h7H,8-9H2,1-6H3;3*7-8H,9-10H2,1-6H3;2*7-9H,10-11H2,1-6H3;2*7-10H,11-12H2,1-6H3. The van der Waals surface area contributed by atoms with E-state index >= 15 is 0 Å². The van der Waals surface area contributed by atoms with Crippen molar-refractivity contribution < 1.29 is 48.3 Å². The van der Waals surface area contributed by atoms with E-state index in [4.69, 9.17) is 0 Å². The van der Waals surface area contributed by atoms with Crippen LogP contribution in [0.15, 0.2) is 127 Å². The third kappa shape index (κ3) is 61.7. The average Bonchev–Trinajstić information content (AvgIpc) is 0.792. The van der Waals surface area contributed by atoms with Gasteiger partial charge in [-0.05, 0) is 304 Å². The fraction of sp³-hybridized carbons (Fsp3) is 0.625. The molecule has 0 N–H and O–H groups in total. The summed E-state index contributed by atoms with van der Waals surface area (Å²) in [5.74, 6) is -5.69. The molecule has 786 valence electrons. The van der Waals surface area contributed by atoms with Crippen molar-refractivity contribution in [1.82, 2.24) is 0 Å². The highest BCUT2D eigenvalue weighted by Gasteiger charge is 2.30. The van der Waals surface area contributed by atoms with Crippen LogP contribution in [0.4, 0.5) is 48.3 Å². The minimum Gasteiger partial charge on any atom is -0.207 e. The summed E-state index contributed by atoms with van der Waals surface area (Å²) < 4.78 is 154. The number of rotatable bonds is 16. The van der Waals surface area contributed by atoms with Crippen LogP contribution in [0, 0.1) is 151 Å². The zero-order chi connectivity index (χ0) is 109. The largest absolute Gasteiger partial charge is 0.207 e. The van der Waals surface area contributed by atoms with Gasteiger partial charge >= 0.3 is 0 Å². The van der Waals surface area contributed by atoms with E-state index in [0.29, 0.717) is 77.7 Å². The molecule has 0 unspecified atom stereocenters. The van der Waals surface area contributed by atoms with Crippen LogP contribution in [0.25, 0.3) is 0 Å². The fourth-order valence-corrected chi connectivity index (χ4v) is 16.4. The Balaban J connectivity index is 0.000000795. The number of benzene rings is 8. The van der Waals surface area contributed by atoms with Crippen LogP contribution in [0.3, 0.4) is 0 Å². The third-order valence-corrected chi connectivity index (χ3v) is 20.8. The maximum absolute atomic E-state index is 14.0. The summed E-state index contributed by atoms with van der Waals surface area (Å²) >= 11 is 0. The lowest BCUT2D eigenvalue weighted by atomic mass is 9.84. The molecule has 0 aliphatic carbocycles. The molecule has 0 spiro atoms. The molecule has 0 aliphatic rings. The normalized spacial score (nSPS) is 12.9. The summed E-state index contributed by atoms with van der Waals surface area (Å²) in [6.07, 6.45) is 11.8. The highest BCUT2D eigenvalue weighted by atomic mass is 19.2. The second-order valence-electron chi connectivity index (χ2n) is 59.5. The Hall–Kier alpha value is -7.01. The molecule has 0 saturated heterocycles. The van der Waals surface area contributed by atoms with Crippen LogP contribution in [0.1, 0.15) is 421 Å². The highest BCUT2D eigenvalue weighted by molar-refractivity contribution is 5.35. The van der Waals surface area contributed by atoms with Crippen LogP contribution < -0.4 is 0 Å². The van der Waals surface area contributed by atoms with Crippen LogP contribution in [-0.4, -0.2) is 0 Å². The second kappa shape index (κ2) is 51.7. The van der Waals surface area contributed by atoms with Crippen molar-refractivity contribution >= 4 is 0 Å².